The summed E-state index contributed by atoms with van der Waals surface area (Å²) in [7, 11) is 0. The molecule has 2 N–H and O–H groups in total. The predicted octanol–water partition coefficient (Wildman–Crippen LogP) is 0.911. The molecule has 0 spiro atoms. The molecule has 2 atom stereocenters. The van der Waals surface area contributed by atoms with Crippen LogP contribution in [0.2, 0.25) is 0 Å². The number of aliphatic carboxylic acids is 1. The molecule has 68 valence electrons. The van der Waals surface area contributed by atoms with Crippen molar-refractivity contribution in [2.45, 2.75) is 31.9 Å². The van der Waals surface area contributed by atoms with E-state index in [0.717, 1.165) is 6.92 Å². The second-order valence-electron chi connectivity index (χ2n) is 2.58. The molecule has 0 heterocycles. The normalized spacial score (nSPS) is 17.2. The van der Waals surface area contributed by atoms with Crippen molar-refractivity contribution < 1.29 is 15.0 Å². The first-order valence-corrected chi connectivity index (χ1v) is 3.46. The first-order valence-electron chi connectivity index (χ1n) is 3.46. The molecule has 0 rings (SSSR count). The maximum Gasteiger partial charge on any atom is 0.335 e. The first-order chi connectivity index (χ1) is 5.46. The number of nitrogens with zero attached hydrogens (tertiary/aromatic N) is 3. The number of hydrogen-bond donors (Lipinski definition) is 2. The molecule has 0 unspecified atom stereocenters. The third-order valence-electron chi connectivity index (χ3n) is 1.66. The van der Waals surface area contributed by atoms with Gasteiger partial charge in [0.15, 0.2) is 5.60 Å². The molecule has 0 aromatic rings. The molecule has 0 fully saturated rings. The summed E-state index contributed by atoms with van der Waals surface area (Å²) >= 11 is 0. The molecule has 0 aliphatic heterocycles. The van der Waals surface area contributed by atoms with Crippen LogP contribution >= 0.6 is 0 Å². The Kier molecular flexibility index (Phi) is 3.53. The summed E-state index contributed by atoms with van der Waals surface area (Å²) in [6.45, 7) is 2.74. The molecule has 0 aromatic heterocycles. The van der Waals surface area contributed by atoms with E-state index in [4.69, 9.17) is 10.6 Å². The van der Waals surface area contributed by atoms with Crippen LogP contribution in [0.5, 0.6) is 0 Å². The Morgan fingerprint density at radius 2 is 2.33 bits per heavy atom. The molecule has 12 heavy (non-hydrogen) atoms. The second-order valence-corrected chi connectivity index (χ2v) is 2.58. The van der Waals surface area contributed by atoms with Gasteiger partial charge in [0.2, 0.25) is 0 Å². The van der Waals surface area contributed by atoms with Gasteiger partial charge in [0, 0.05) is 4.91 Å². The van der Waals surface area contributed by atoms with Crippen LogP contribution in [-0.2, 0) is 4.79 Å². The van der Waals surface area contributed by atoms with Crippen molar-refractivity contribution >= 4 is 5.97 Å². The molecule has 0 amide bonds. The number of carbonyl (C=O) groups is 1. The van der Waals surface area contributed by atoms with Crippen LogP contribution in [0.25, 0.3) is 10.4 Å². The topological polar surface area (TPSA) is 106 Å². The van der Waals surface area contributed by atoms with Gasteiger partial charge in [0.25, 0.3) is 0 Å². The van der Waals surface area contributed by atoms with Crippen LogP contribution in [0, 0.1) is 0 Å². The molecule has 0 aliphatic rings. The van der Waals surface area contributed by atoms with Gasteiger partial charge in [-0.05, 0) is 18.9 Å². The van der Waals surface area contributed by atoms with Crippen LogP contribution in [0.4, 0.5) is 0 Å². The van der Waals surface area contributed by atoms with E-state index in [1.54, 1.807) is 6.92 Å². The third-order valence-corrected chi connectivity index (χ3v) is 1.66. The summed E-state index contributed by atoms with van der Waals surface area (Å²) in [5.74, 6) is -1.39. The number of azide groups is 1. The highest BCUT2D eigenvalue weighted by Gasteiger charge is 2.37. The maximum absolute atomic E-state index is 10.5. The zero-order valence-corrected chi connectivity index (χ0v) is 6.93. The molecule has 0 radical (unpaired) electrons. The van der Waals surface area contributed by atoms with Crippen molar-refractivity contribution in [1.29, 1.82) is 0 Å². The fourth-order valence-electron chi connectivity index (χ4n) is 0.796. The van der Waals surface area contributed by atoms with Crippen molar-refractivity contribution in [3.05, 3.63) is 10.4 Å². The summed E-state index contributed by atoms with van der Waals surface area (Å²) < 4.78 is 0. The number of hydrogen-bond acceptors (Lipinski definition) is 3. The van der Waals surface area contributed by atoms with Crippen LogP contribution in [0.3, 0.4) is 0 Å². The van der Waals surface area contributed by atoms with Crippen molar-refractivity contribution in [3.8, 4) is 0 Å². The minimum atomic E-state index is -1.99. The van der Waals surface area contributed by atoms with Gasteiger partial charge in [-0.3, -0.25) is 0 Å². The lowest BCUT2D eigenvalue weighted by Crippen LogP contribution is -2.45. The highest BCUT2D eigenvalue weighted by molar-refractivity contribution is 5.77. The zero-order chi connectivity index (χ0) is 9.78. The van der Waals surface area contributed by atoms with Crippen molar-refractivity contribution in [3.63, 3.8) is 0 Å². The monoisotopic (exact) mass is 173 g/mol. The maximum atomic E-state index is 10.5. The van der Waals surface area contributed by atoms with Crippen molar-refractivity contribution in [1.82, 2.24) is 0 Å². The van der Waals surface area contributed by atoms with E-state index >= 15 is 0 Å². The van der Waals surface area contributed by atoms with Gasteiger partial charge in [-0.1, -0.05) is 12.0 Å². The number of aliphatic hydroxyl groups is 1. The SMILES string of the molecule is CC[C@H](N=[N+]=[N-])[C@](C)(O)C(=O)O. The molecule has 0 aromatic carbocycles. The largest absolute Gasteiger partial charge is 0.479 e. The summed E-state index contributed by atoms with van der Waals surface area (Å²) in [4.78, 5) is 12.9. The van der Waals surface area contributed by atoms with E-state index in [0.29, 0.717) is 0 Å². The quantitative estimate of drug-likeness (QED) is 0.374. The number of rotatable bonds is 4. The van der Waals surface area contributed by atoms with Gasteiger partial charge < -0.3 is 10.2 Å². The minimum Gasteiger partial charge on any atom is -0.479 e. The average Bonchev–Trinajstić information content (AvgIpc) is 1.99. The van der Waals surface area contributed by atoms with Gasteiger partial charge in [-0.15, -0.1) is 0 Å². The van der Waals surface area contributed by atoms with Crippen LogP contribution in [0.1, 0.15) is 20.3 Å². The van der Waals surface area contributed by atoms with Gasteiger partial charge >= 0.3 is 5.97 Å². The smallest absolute Gasteiger partial charge is 0.335 e. The Labute approximate surface area is 69.4 Å². The first kappa shape index (κ1) is 10.7. The van der Waals surface area contributed by atoms with E-state index in [9.17, 15) is 9.90 Å². The highest BCUT2D eigenvalue weighted by Crippen LogP contribution is 2.16. The summed E-state index contributed by atoms with van der Waals surface area (Å²) in [5, 5.41) is 21.0. The highest BCUT2D eigenvalue weighted by atomic mass is 16.4. The van der Waals surface area contributed by atoms with Gasteiger partial charge in [-0.25, -0.2) is 4.79 Å². The lowest BCUT2D eigenvalue weighted by atomic mass is 9.95. The fraction of sp³-hybridized carbons (Fsp3) is 0.833. The van der Waals surface area contributed by atoms with Gasteiger partial charge in [0.05, 0.1) is 6.04 Å². The van der Waals surface area contributed by atoms with Crippen LogP contribution in [-0.4, -0.2) is 27.8 Å². The molecule has 6 heteroatoms. The molecule has 0 bridgehead atoms. The van der Waals surface area contributed by atoms with Crippen LogP contribution in [0.15, 0.2) is 5.11 Å². The van der Waals surface area contributed by atoms with Gasteiger partial charge in [0.1, 0.15) is 0 Å². The lowest BCUT2D eigenvalue weighted by Gasteiger charge is -2.23. The molecule has 0 saturated carbocycles. The minimum absolute atomic E-state index is 0.281. The summed E-state index contributed by atoms with van der Waals surface area (Å²) in [6.07, 6.45) is 0.281. The molecule has 6 nitrogen and oxygen atoms in total. The molecular formula is C6H11N3O3. The molecular weight excluding hydrogens is 162 g/mol. The zero-order valence-electron chi connectivity index (χ0n) is 6.93. The van der Waals surface area contributed by atoms with E-state index in [1.807, 2.05) is 0 Å². The summed E-state index contributed by atoms with van der Waals surface area (Å²) in [5.41, 5.74) is 6.08. The van der Waals surface area contributed by atoms with Crippen molar-refractivity contribution in [2.24, 2.45) is 5.11 Å². The van der Waals surface area contributed by atoms with Crippen LogP contribution < -0.4 is 0 Å². The van der Waals surface area contributed by atoms with Crippen molar-refractivity contribution in [2.75, 3.05) is 0 Å². The van der Waals surface area contributed by atoms with E-state index in [2.05, 4.69) is 10.0 Å². The molecule has 0 saturated heterocycles. The lowest BCUT2D eigenvalue weighted by molar-refractivity contribution is -0.158. The predicted molar refractivity (Wildman–Crippen MR) is 41.5 cm³/mol. The van der Waals surface area contributed by atoms with Gasteiger partial charge in [-0.2, -0.15) is 0 Å². The van der Waals surface area contributed by atoms with E-state index in [1.165, 1.54) is 0 Å². The third kappa shape index (κ3) is 2.11. The number of carboxylic acid groups (broad SMARTS) is 1. The van der Waals surface area contributed by atoms with E-state index in [-0.39, 0.29) is 6.42 Å². The second kappa shape index (κ2) is 3.94. The standard InChI is InChI=1S/C6H11N3O3/c1-3-4(8-9-7)6(2,12)5(10)11/h4,12H,3H2,1-2H3,(H,10,11)/t4-,6-/m0/s1. The fourth-order valence-corrected chi connectivity index (χ4v) is 0.796. The Balaban J connectivity index is 4.70. The van der Waals surface area contributed by atoms with E-state index < -0.39 is 17.6 Å². The Morgan fingerprint density at radius 1 is 1.83 bits per heavy atom. The molecule has 0 aliphatic carbocycles. The Bertz CT molecular complexity index is 220. The Hall–Kier alpha value is -1.26. The summed E-state index contributed by atoms with van der Waals surface area (Å²) in [6, 6.07) is -0.931. The number of carboxylic acids is 1. The Morgan fingerprint density at radius 3 is 2.58 bits per heavy atom. The average molecular weight is 173 g/mol.